The Morgan fingerprint density at radius 3 is 2.23 bits per heavy atom. The van der Waals surface area contributed by atoms with Crippen molar-refractivity contribution in [2.45, 2.75) is 31.3 Å². The van der Waals surface area contributed by atoms with Gasteiger partial charge in [0.25, 0.3) is 0 Å². The predicted octanol–water partition coefficient (Wildman–Crippen LogP) is 2.66. The number of ether oxygens (including phenoxy) is 1. The predicted molar refractivity (Wildman–Crippen MR) is 132 cm³/mol. The number of methoxy groups -OCH3 is 1. The molecule has 0 unspecified atom stereocenters. The van der Waals surface area contributed by atoms with E-state index in [2.05, 4.69) is 39.4 Å². The normalized spacial score (nSPS) is 11.6. The van der Waals surface area contributed by atoms with Crippen molar-refractivity contribution in [1.29, 1.82) is 0 Å². The minimum Gasteiger partial charge on any atom is -0.383 e. The van der Waals surface area contributed by atoms with Crippen LogP contribution in [0, 0.1) is 0 Å². The van der Waals surface area contributed by atoms with E-state index in [-0.39, 0.29) is 35.4 Å². The largest absolute Gasteiger partial charge is 0.383 e. The highest BCUT2D eigenvalue weighted by atomic mass is 127. The lowest BCUT2D eigenvalue weighted by atomic mass is 10.1. The number of nitrogens with one attached hydrogen (secondary N) is 3. The summed E-state index contributed by atoms with van der Waals surface area (Å²) in [4.78, 5) is 4.48. The molecule has 2 aromatic carbocycles. The number of sulfonamides is 1. The van der Waals surface area contributed by atoms with Gasteiger partial charge in [-0.2, -0.15) is 0 Å². The van der Waals surface area contributed by atoms with Crippen molar-refractivity contribution in [3.05, 3.63) is 65.2 Å². The molecule has 2 rings (SSSR count). The van der Waals surface area contributed by atoms with Crippen molar-refractivity contribution in [3.63, 3.8) is 0 Å². The highest BCUT2D eigenvalue weighted by Crippen LogP contribution is 2.11. The molecule has 9 heteroatoms. The second kappa shape index (κ2) is 13.6. The van der Waals surface area contributed by atoms with E-state index in [0.717, 1.165) is 12.0 Å². The van der Waals surface area contributed by atoms with E-state index in [9.17, 15) is 8.42 Å². The zero-order chi connectivity index (χ0) is 21.1. The molecule has 166 valence electrons. The molecule has 0 aromatic heterocycles. The van der Waals surface area contributed by atoms with Gasteiger partial charge in [0.15, 0.2) is 5.96 Å². The van der Waals surface area contributed by atoms with Crippen LogP contribution in [0.3, 0.4) is 0 Å². The quantitative estimate of drug-likeness (QED) is 0.185. The third-order valence-electron chi connectivity index (χ3n) is 4.46. The lowest BCUT2D eigenvalue weighted by molar-refractivity contribution is 0.204. The van der Waals surface area contributed by atoms with Crippen LogP contribution in [0.2, 0.25) is 0 Å². The summed E-state index contributed by atoms with van der Waals surface area (Å²) in [5, 5.41) is 6.57. The van der Waals surface area contributed by atoms with Gasteiger partial charge in [-0.25, -0.2) is 13.1 Å². The third-order valence-corrected chi connectivity index (χ3v) is 5.94. The van der Waals surface area contributed by atoms with Gasteiger partial charge in [-0.15, -0.1) is 24.0 Å². The van der Waals surface area contributed by atoms with E-state index in [0.29, 0.717) is 25.7 Å². The Morgan fingerprint density at radius 1 is 1.00 bits per heavy atom. The molecule has 0 bridgehead atoms. The Balaban J connectivity index is 0.00000450. The van der Waals surface area contributed by atoms with Crippen LogP contribution in [0.1, 0.15) is 23.6 Å². The fraction of sp³-hybridized carbons (Fsp3) is 0.381. The van der Waals surface area contributed by atoms with E-state index >= 15 is 0 Å². The summed E-state index contributed by atoms with van der Waals surface area (Å²) >= 11 is 0. The number of rotatable bonds is 10. The minimum atomic E-state index is -3.52. The zero-order valence-electron chi connectivity index (χ0n) is 17.6. The fourth-order valence-electron chi connectivity index (χ4n) is 2.81. The SMILES string of the molecule is CCc1ccccc1CNC(=NC)NCc1ccc(S(=O)(=O)NCCOC)cc1.I. The van der Waals surface area contributed by atoms with Gasteiger partial charge in [0, 0.05) is 33.8 Å². The lowest BCUT2D eigenvalue weighted by Crippen LogP contribution is -2.36. The summed E-state index contributed by atoms with van der Waals surface area (Å²) in [5.74, 6) is 0.689. The maximum Gasteiger partial charge on any atom is 0.240 e. The molecule has 0 saturated heterocycles. The number of nitrogens with zero attached hydrogens (tertiary/aromatic N) is 1. The number of hydrogen-bond donors (Lipinski definition) is 3. The summed E-state index contributed by atoms with van der Waals surface area (Å²) < 4.78 is 31.7. The Kier molecular flexibility index (Phi) is 11.9. The van der Waals surface area contributed by atoms with Crippen molar-refractivity contribution in [1.82, 2.24) is 15.4 Å². The van der Waals surface area contributed by atoms with Gasteiger partial charge in [-0.1, -0.05) is 43.3 Å². The Bertz CT molecular complexity index is 903. The molecule has 3 N–H and O–H groups in total. The van der Waals surface area contributed by atoms with E-state index in [1.807, 2.05) is 12.1 Å². The first kappa shape index (κ1) is 26.3. The van der Waals surface area contributed by atoms with Crippen LogP contribution in [-0.2, 0) is 34.3 Å². The summed E-state index contributed by atoms with van der Waals surface area (Å²) in [7, 11) is -0.264. The van der Waals surface area contributed by atoms with Crippen LogP contribution in [0.5, 0.6) is 0 Å². The molecular weight excluding hydrogens is 515 g/mol. The molecule has 0 aliphatic heterocycles. The first-order valence-electron chi connectivity index (χ1n) is 9.59. The summed E-state index contributed by atoms with van der Waals surface area (Å²) in [6, 6.07) is 15.1. The number of guanidine groups is 1. The summed E-state index contributed by atoms with van der Waals surface area (Å²) in [5.41, 5.74) is 3.51. The summed E-state index contributed by atoms with van der Waals surface area (Å²) in [6.07, 6.45) is 0.986. The van der Waals surface area contributed by atoms with Gasteiger partial charge >= 0.3 is 0 Å². The monoisotopic (exact) mass is 546 g/mol. The van der Waals surface area contributed by atoms with Crippen molar-refractivity contribution in [3.8, 4) is 0 Å². The molecule has 0 atom stereocenters. The lowest BCUT2D eigenvalue weighted by Gasteiger charge is -2.14. The molecule has 0 spiro atoms. The number of aliphatic imine (C=N–C) groups is 1. The highest BCUT2D eigenvalue weighted by molar-refractivity contribution is 14.0. The molecule has 0 radical (unpaired) electrons. The Hall–Kier alpha value is -1.69. The Morgan fingerprint density at radius 2 is 1.63 bits per heavy atom. The second-order valence-corrected chi connectivity index (χ2v) is 8.20. The Labute approximate surface area is 196 Å². The smallest absolute Gasteiger partial charge is 0.240 e. The standard InChI is InChI=1S/C21H30N4O3S.HI/c1-4-18-7-5-6-8-19(18)16-24-21(22-2)23-15-17-9-11-20(12-10-17)29(26,27)25-13-14-28-3;/h5-12,25H,4,13-16H2,1-3H3,(H2,22,23,24);1H. The molecular formula is C21H31IN4O3S. The van der Waals surface area contributed by atoms with Crippen molar-refractivity contribution < 1.29 is 13.2 Å². The first-order chi connectivity index (χ1) is 14.0. The van der Waals surface area contributed by atoms with Gasteiger partial charge in [-0.05, 0) is 35.2 Å². The van der Waals surface area contributed by atoms with Gasteiger partial charge in [-0.3, -0.25) is 4.99 Å². The van der Waals surface area contributed by atoms with Crippen molar-refractivity contribution in [2.24, 2.45) is 4.99 Å². The molecule has 0 saturated carbocycles. The fourth-order valence-corrected chi connectivity index (χ4v) is 3.82. The van der Waals surface area contributed by atoms with E-state index in [1.54, 1.807) is 31.3 Å². The molecule has 7 nitrogen and oxygen atoms in total. The second-order valence-electron chi connectivity index (χ2n) is 6.44. The molecule has 0 heterocycles. The average Bonchev–Trinajstić information content (AvgIpc) is 2.74. The van der Waals surface area contributed by atoms with E-state index < -0.39 is 10.0 Å². The van der Waals surface area contributed by atoms with Crippen molar-refractivity contribution >= 4 is 40.0 Å². The molecule has 0 amide bonds. The first-order valence-corrected chi connectivity index (χ1v) is 11.1. The molecule has 0 aliphatic carbocycles. The van der Waals surface area contributed by atoms with Gasteiger partial charge < -0.3 is 15.4 Å². The molecule has 2 aromatic rings. The molecule has 0 fully saturated rings. The number of aryl methyl sites for hydroxylation is 1. The van der Waals surface area contributed by atoms with E-state index in [4.69, 9.17) is 4.74 Å². The maximum atomic E-state index is 12.2. The number of hydrogen-bond acceptors (Lipinski definition) is 4. The zero-order valence-corrected chi connectivity index (χ0v) is 20.8. The van der Waals surface area contributed by atoms with Crippen LogP contribution in [-0.4, -0.2) is 41.7 Å². The van der Waals surface area contributed by atoms with Crippen LogP contribution < -0.4 is 15.4 Å². The van der Waals surface area contributed by atoms with Crippen LogP contribution in [0.25, 0.3) is 0 Å². The van der Waals surface area contributed by atoms with Gasteiger partial charge in [0.1, 0.15) is 0 Å². The van der Waals surface area contributed by atoms with Crippen LogP contribution >= 0.6 is 24.0 Å². The van der Waals surface area contributed by atoms with Gasteiger partial charge in [0.05, 0.1) is 11.5 Å². The minimum absolute atomic E-state index is 0. The third kappa shape index (κ3) is 8.21. The van der Waals surface area contributed by atoms with Crippen molar-refractivity contribution in [2.75, 3.05) is 27.3 Å². The van der Waals surface area contributed by atoms with Crippen LogP contribution in [0.4, 0.5) is 0 Å². The molecule has 0 aliphatic rings. The van der Waals surface area contributed by atoms with Crippen LogP contribution in [0.15, 0.2) is 58.4 Å². The average molecular weight is 546 g/mol. The van der Waals surface area contributed by atoms with E-state index in [1.165, 1.54) is 18.2 Å². The van der Waals surface area contributed by atoms with Gasteiger partial charge in [0.2, 0.25) is 10.0 Å². The highest BCUT2D eigenvalue weighted by Gasteiger charge is 2.13. The number of benzene rings is 2. The molecule has 30 heavy (non-hydrogen) atoms. The summed E-state index contributed by atoms with van der Waals surface area (Å²) in [6.45, 7) is 3.94. The topological polar surface area (TPSA) is 91.8 Å². The number of halogens is 1. The maximum absolute atomic E-state index is 12.2.